The summed E-state index contributed by atoms with van der Waals surface area (Å²) in [6, 6.07) is 33.6. The van der Waals surface area contributed by atoms with Crippen LogP contribution in [0.15, 0.2) is 103 Å². The fourth-order valence-corrected chi connectivity index (χ4v) is 4.79. The topological polar surface area (TPSA) is 43.3 Å². The molecule has 4 nitrogen and oxygen atoms in total. The molecule has 0 saturated heterocycles. The van der Waals surface area contributed by atoms with Crippen molar-refractivity contribution < 1.29 is 9.53 Å². The molecule has 0 atom stereocenters. The van der Waals surface area contributed by atoms with E-state index >= 15 is 0 Å². The minimum atomic E-state index is -0.304. The first-order valence-corrected chi connectivity index (χ1v) is 13.1. The van der Waals surface area contributed by atoms with E-state index in [4.69, 9.17) is 4.74 Å². The van der Waals surface area contributed by atoms with Gasteiger partial charge in [0, 0.05) is 29.5 Å². The molecule has 4 heteroatoms. The average Bonchev–Trinajstić information content (AvgIpc) is 3.36. The summed E-state index contributed by atoms with van der Waals surface area (Å²) in [4.78, 5) is 12.1. The summed E-state index contributed by atoms with van der Waals surface area (Å²) in [5.41, 5.74) is 8.81. The van der Waals surface area contributed by atoms with Crippen LogP contribution >= 0.6 is 0 Å². The first-order chi connectivity index (χ1) is 18.3. The Morgan fingerprint density at radius 3 is 2.39 bits per heavy atom. The number of aromatic nitrogens is 1. The highest BCUT2D eigenvalue weighted by atomic mass is 16.5. The molecule has 0 amide bonds. The van der Waals surface area contributed by atoms with E-state index in [1.807, 2.05) is 25.1 Å². The van der Waals surface area contributed by atoms with Gasteiger partial charge in [0.2, 0.25) is 0 Å². The molecule has 0 fully saturated rings. The van der Waals surface area contributed by atoms with Crippen LogP contribution in [0.25, 0.3) is 27.7 Å². The van der Waals surface area contributed by atoms with Crippen molar-refractivity contribution in [2.24, 2.45) is 0 Å². The summed E-state index contributed by atoms with van der Waals surface area (Å²) in [5, 5.41) is 4.67. The number of esters is 1. The average molecular weight is 503 g/mol. The summed E-state index contributed by atoms with van der Waals surface area (Å²) in [5.74, 6) is -0.304. The van der Waals surface area contributed by atoms with Crippen molar-refractivity contribution in [1.29, 1.82) is 0 Å². The third-order valence-corrected chi connectivity index (χ3v) is 6.85. The lowest BCUT2D eigenvalue weighted by molar-refractivity contribution is 0.0526. The lowest BCUT2D eigenvalue weighted by atomic mass is 9.86. The van der Waals surface area contributed by atoms with Crippen LogP contribution in [0.2, 0.25) is 0 Å². The molecule has 38 heavy (non-hydrogen) atoms. The van der Waals surface area contributed by atoms with Gasteiger partial charge in [0.25, 0.3) is 0 Å². The molecular weight excluding hydrogens is 468 g/mol. The van der Waals surface area contributed by atoms with E-state index in [2.05, 4.69) is 110 Å². The molecule has 192 valence electrons. The number of nitrogens with one attached hydrogen (secondary N) is 1. The first-order valence-electron chi connectivity index (χ1n) is 13.1. The maximum Gasteiger partial charge on any atom is 0.338 e. The fourth-order valence-electron chi connectivity index (χ4n) is 4.79. The van der Waals surface area contributed by atoms with Crippen LogP contribution in [-0.2, 0) is 16.7 Å². The van der Waals surface area contributed by atoms with E-state index < -0.39 is 0 Å². The van der Waals surface area contributed by atoms with E-state index in [0.717, 1.165) is 16.9 Å². The number of carbonyl (C=O) groups excluding carboxylic acids is 1. The normalized spacial score (nSPS) is 11.5. The molecule has 0 bridgehead atoms. The Hall–Kier alpha value is -4.31. The van der Waals surface area contributed by atoms with Gasteiger partial charge in [-0.2, -0.15) is 0 Å². The van der Waals surface area contributed by atoms with Crippen molar-refractivity contribution >= 4 is 22.6 Å². The predicted molar refractivity (Wildman–Crippen MR) is 157 cm³/mol. The zero-order valence-corrected chi connectivity index (χ0v) is 22.5. The van der Waals surface area contributed by atoms with Crippen molar-refractivity contribution in [3.63, 3.8) is 0 Å². The van der Waals surface area contributed by atoms with Gasteiger partial charge in [-0.05, 0) is 77.1 Å². The fraction of sp³-hybridized carbons (Fsp3) is 0.206. The second kappa shape index (κ2) is 10.6. The minimum Gasteiger partial charge on any atom is -0.462 e. The van der Waals surface area contributed by atoms with Gasteiger partial charge in [0.15, 0.2) is 0 Å². The maximum absolute atomic E-state index is 12.1. The van der Waals surface area contributed by atoms with E-state index in [0.29, 0.717) is 18.7 Å². The number of hydrogen-bond acceptors (Lipinski definition) is 3. The van der Waals surface area contributed by atoms with Crippen LogP contribution in [0.4, 0.5) is 5.69 Å². The molecule has 0 radical (unpaired) electrons. The van der Waals surface area contributed by atoms with Crippen molar-refractivity contribution in [2.45, 2.75) is 39.7 Å². The highest BCUT2D eigenvalue weighted by Crippen LogP contribution is 2.32. The van der Waals surface area contributed by atoms with Gasteiger partial charge < -0.3 is 14.6 Å². The van der Waals surface area contributed by atoms with E-state index in [-0.39, 0.29) is 11.4 Å². The Kier molecular flexibility index (Phi) is 7.06. The van der Waals surface area contributed by atoms with Gasteiger partial charge in [-0.25, -0.2) is 4.79 Å². The quantitative estimate of drug-likeness (QED) is 0.227. The van der Waals surface area contributed by atoms with Crippen molar-refractivity contribution in [3.8, 4) is 16.8 Å². The summed E-state index contributed by atoms with van der Waals surface area (Å²) < 4.78 is 7.37. The van der Waals surface area contributed by atoms with Gasteiger partial charge in [-0.3, -0.25) is 0 Å². The molecule has 0 unspecified atom stereocenters. The van der Waals surface area contributed by atoms with Crippen molar-refractivity contribution in [3.05, 3.63) is 120 Å². The summed E-state index contributed by atoms with van der Waals surface area (Å²) in [6.45, 7) is 9.55. The largest absolute Gasteiger partial charge is 0.462 e. The predicted octanol–water partition coefficient (Wildman–Crippen LogP) is 8.38. The summed E-state index contributed by atoms with van der Waals surface area (Å²) in [7, 11) is 0. The highest BCUT2D eigenvalue weighted by Gasteiger charge is 2.14. The molecule has 0 aliphatic carbocycles. The van der Waals surface area contributed by atoms with Gasteiger partial charge in [0.05, 0.1) is 17.7 Å². The number of hydrogen-bond donors (Lipinski definition) is 1. The second-order valence-corrected chi connectivity index (χ2v) is 10.6. The zero-order valence-electron chi connectivity index (χ0n) is 22.5. The highest BCUT2D eigenvalue weighted by molar-refractivity contribution is 5.96. The Morgan fingerprint density at radius 2 is 1.63 bits per heavy atom. The third kappa shape index (κ3) is 5.35. The van der Waals surface area contributed by atoms with Crippen LogP contribution in [0.1, 0.15) is 49.2 Å². The summed E-state index contributed by atoms with van der Waals surface area (Å²) in [6.07, 6.45) is 2.15. The third-order valence-electron chi connectivity index (χ3n) is 6.85. The van der Waals surface area contributed by atoms with Gasteiger partial charge >= 0.3 is 5.97 Å². The Bertz CT molecular complexity index is 1570. The molecule has 1 heterocycles. The van der Waals surface area contributed by atoms with Crippen LogP contribution in [0.5, 0.6) is 0 Å². The summed E-state index contributed by atoms with van der Waals surface area (Å²) >= 11 is 0. The molecule has 1 aromatic heterocycles. The van der Waals surface area contributed by atoms with E-state index in [1.165, 1.54) is 27.6 Å². The van der Waals surface area contributed by atoms with E-state index in [1.54, 1.807) is 6.07 Å². The molecule has 1 N–H and O–H groups in total. The molecule has 5 aromatic rings. The van der Waals surface area contributed by atoms with Crippen LogP contribution in [0, 0.1) is 0 Å². The number of anilines is 1. The number of rotatable bonds is 7. The Morgan fingerprint density at radius 1 is 0.868 bits per heavy atom. The monoisotopic (exact) mass is 502 g/mol. The van der Waals surface area contributed by atoms with Gasteiger partial charge in [0.1, 0.15) is 0 Å². The number of fused-ring (bicyclic) bond motifs is 1. The Labute approximate surface area is 224 Å². The Balaban J connectivity index is 1.39. The number of benzene rings is 4. The number of ether oxygens (including phenoxy) is 1. The molecule has 0 aliphatic rings. The maximum atomic E-state index is 12.1. The zero-order chi connectivity index (χ0) is 26.7. The second-order valence-electron chi connectivity index (χ2n) is 10.6. The number of carbonyl (C=O) groups is 1. The molecular formula is C34H34N2O2. The molecule has 4 aromatic carbocycles. The number of nitrogens with zero attached hydrogens (tertiary/aromatic N) is 1. The van der Waals surface area contributed by atoms with Crippen LogP contribution in [0.3, 0.4) is 0 Å². The van der Waals surface area contributed by atoms with Crippen molar-refractivity contribution in [2.75, 3.05) is 11.9 Å². The van der Waals surface area contributed by atoms with Crippen molar-refractivity contribution in [1.82, 2.24) is 4.57 Å². The molecule has 0 saturated carbocycles. The van der Waals surface area contributed by atoms with Gasteiger partial charge in [-0.1, -0.05) is 75.4 Å². The minimum absolute atomic E-state index is 0.136. The lowest BCUT2D eigenvalue weighted by Crippen LogP contribution is -2.10. The molecule has 5 rings (SSSR count). The smallest absolute Gasteiger partial charge is 0.338 e. The molecule has 0 spiro atoms. The first kappa shape index (κ1) is 25.3. The molecule has 0 aliphatic heterocycles. The van der Waals surface area contributed by atoms with Crippen LogP contribution < -0.4 is 5.32 Å². The SMILES string of the molecule is CCOC(=O)c1cccc(NCc2cccc(-n3ccc4c(-c5ccc(C(C)(C)C)cc5)cccc43)c2)c1. The van der Waals surface area contributed by atoms with Gasteiger partial charge in [-0.15, -0.1) is 0 Å². The van der Waals surface area contributed by atoms with E-state index in [9.17, 15) is 4.79 Å². The standard InChI is InChI=1S/C34H34N2O2/c1-5-38-33(37)26-10-7-11-28(22-26)35-23-24-9-6-12-29(21-24)36-20-19-31-30(13-8-14-32(31)36)25-15-17-27(18-16-25)34(2,3)4/h6-22,35H,5,23H2,1-4H3. The lowest BCUT2D eigenvalue weighted by Gasteiger charge is -2.19. The van der Waals surface area contributed by atoms with Crippen LogP contribution in [-0.4, -0.2) is 17.1 Å².